The first kappa shape index (κ1) is 15.4. The molecule has 1 aromatic rings. The fourth-order valence-corrected chi connectivity index (χ4v) is 2.17. The van der Waals surface area contributed by atoms with Gasteiger partial charge in [-0.1, -0.05) is 32.4 Å². The maximum atomic E-state index is 8.97. The predicted molar refractivity (Wildman–Crippen MR) is 75.7 cm³/mol. The average molecular weight is 271 g/mol. The van der Waals surface area contributed by atoms with Gasteiger partial charge in [-0.05, 0) is 29.5 Å². The van der Waals surface area contributed by atoms with Gasteiger partial charge in [-0.3, -0.25) is 4.90 Å². The summed E-state index contributed by atoms with van der Waals surface area (Å²) in [7, 11) is 0. The standard InChI is InChI=1S/C14H23ClN2O/c1-14(2,3)11-17(7-4-8-18)10-12-5-6-16-13(15)9-12/h5-6,9,18H,4,7-8,10-11H2,1-3H3. The van der Waals surface area contributed by atoms with E-state index in [1.807, 2.05) is 12.1 Å². The van der Waals surface area contributed by atoms with Gasteiger partial charge in [0.15, 0.2) is 0 Å². The summed E-state index contributed by atoms with van der Waals surface area (Å²) in [6.45, 7) is 9.63. The first-order valence-corrected chi connectivity index (χ1v) is 6.72. The molecule has 0 aromatic carbocycles. The number of aliphatic hydroxyl groups excluding tert-OH is 1. The molecule has 0 saturated heterocycles. The summed E-state index contributed by atoms with van der Waals surface area (Å²) in [6, 6.07) is 3.89. The third kappa shape index (κ3) is 6.34. The molecule has 1 rings (SSSR count). The van der Waals surface area contributed by atoms with E-state index in [0.29, 0.717) is 5.15 Å². The molecule has 1 N–H and O–H groups in total. The molecule has 0 aliphatic rings. The second-order valence-electron chi connectivity index (χ2n) is 5.84. The van der Waals surface area contributed by atoms with Crippen molar-refractivity contribution in [3.63, 3.8) is 0 Å². The summed E-state index contributed by atoms with van der Waals surface area (Å²) in [5, 5.41) is 9.50. The molecule has 0 fully saturated rings. The summed E-state index contributed by atoms with van der Waals surface area (Å²) < 4.78 is 0. The van der Waals surface area contributed by atoms with Crippen LogP contribution in [0, 0.1) is 5.41 Å². The molecule has 0 aliphatic heterocycles. The Morgan fingerprint density at radius 2 is 2.11 bits per heavy atom. The maximum absolute atomic E-state index is 8.97. The fraction of sp³-hybridized carbons (Fsp3) is 0.643. The van der Waals surface area contributed by atoms with Gasteiger partial charge in [0.25, 0.3) is 0 Å². The highest BCUT2D eigenvalue weighted by Gasteiger charge is 2.16. The summed E-state index contributed by atoms with van der Waals surface area (Å²) in [5.41, 5.74) is 1.41. The van der Waals surface area contributed by atoms with Crippen molar-refractivity contribution in [2.45, 2.75) is 33.7 Å². The Balaban J connectivity index is 2.65. The van der Waals surface area contributed by atoms with Gasteiger partial charge in [0.05, 0.1) is 0 Å². The minimum Gasteiger partial charge on any atom is -0.396 e. The van der Waals surface area contributed by atoms with Crippen molar-refractivity contribution >= 4 is 11.6 Å². The number of aromatic nitrogens is 1. The Labute approximate surface area is 115 Å². The first-order valence-electron chi connectivity index (χ1n) is 6.34. The molecule has 18 heavy (non-hydrogen) atoms. The van der Waals surface area contributed by atoms with E-state index < -0.39 is 0 Å². The second kappa shape index (κ2) is 7.07. The molecule has 1 aromatic heterocycles. The third-order valence-corrected chi connectivity index (χ3v) is 2.73. The van der Waals surface area contributed by atoms with Crippen molar-refractivity contribution in [2.75, 3.05) is 19.7 Å². The van der Waals surface area contributed by atoms with Gasteiger partial charge in [0.1, 0.15) is 5.15 Å². The van der Waals surface area contributed by atoms with Gasteiger partial charge in [0.2, 0.25) is 0 Å². The van der Waals surface area contributed by atoms with Gasteiger partial charge in [-0.15, -0.1) is 0 Å². The zero-order valence-corrected chi connectivity index (χ0v) is 12.2. The van der Waals surface area contributed by atoms with Crippen LogP contribution in [-0.4, -0.2) is 34.7 Å². The molecular weight excluding hydrogens is 248 g/mol. The third-order valence-electron chi connectivity index (χ3n) is 2.53. The number of aliphatic hydroxyl groups is 1. The Morgan fingerprint density at radius 1 is 1.39 bits per heavy atom. The topological polar surface area (TPSA) is 36.4 Å². The smallest absolute Gasteiger partial charge is 0.129 e. The molecule has 0 unspecified atom stereocenters. The number of rotatable bonds is 6. The van der Waals surface area contributed by atoms with Gasteiger partial charge >= 0.3 is 0 Å². The van der Waals surface area contributed by atoms with E-state index in [-0.39, 0.29) is 12.0 Å². The lowest BCUT2D eigenvalue weighted by molar-refractivity contribution is 0.166. The summed E-state index contributed by atoms with van der Waals surface area (Å²) >= 11 is 5.90. The maximum Gasteiger partial charge on any atom is 0.129 e. The van der Waals surface area contributed by atoms with Crippen molar-refractivity contribution in [3.05, 3.63) is 29.0 Å². The van der Waals surface area contributed by atoms with E-state index in [1.165, 1.54) is 0 Å². The van der Waals surface area contributed by atoms with E-state index in [0.717, 1.165) is 31.6 Å². The average Bonchev–Trinajstić information content (AvgIpc) is 2.24. The molecule has 102 valence electrons. The van der Waals surface area contributed by atoms with Gasteiger partial charge in [0, 0.05) is 32.4 Å². The molecule has 1 heterocycles. The van der Waals surface area contributed by atoms with Gasteiger partial charge < -0.3 is 5.11 Å². The van der Waals surface area contributed by atoms with Gasteiger partial charge in [-0.25, -0.2) is 4.98 Å². The predicted octanol–water partition coefficient (Wildman–Crippen LogP) is 2.97. The zero-order chi connectivity index (χ0) is 13.6. The van der Waals surface area contributed by atoms with Crippen LogP contribution < -0.4 is 0 Å². The highest BCUT2D eigenvalue weighted by Crippen LogP contribution is 2.18. The number of hydrogen-bond donors (Lipinski definition) is 1. The normalized spacial score (nSPS) is 12.1. The van der Waals surface area contributed by atoms with Crippen LogP contribution in [0.3, 0.4) is 0 Å². The fourth-order valence-electron chi connectivity index (χ4n) is 1.98. The molecular formula is C14H23ClN2O. The SMILES string of the molecule is CC(C)(C)CN(CCCO)Cc1ccnc(Cl)c1. The highest BCUT2D eigenvalue weighted by molar-refractivity contribution is 6.29. The van der Waals surface area contributed by atoms with Crippen LogP contribution >= 0.6 is 11.6 Å². The minimum atomic E-state index is 0.234. The zero-order valence-electron chi connectivity index (χ0n) is 11.5. The van der Waals surface area contributed by atoms with E-state index >= 15 is 0 Å². The van der Waals surface area contributed by atoms with E-state index in [2.05, 4.69) is 30.7 Å². The lowest BCUT2D eigenvalue weighted by Crippen LogP contribution is -2.33. The minimum absolute atomic E-state index is 0.234. The number of hydrogen-bond acceptors (Lipinski definition) is 3. The monoisotopic (exact) mass is 270 g/mol. The van der Waals surface area contributed by atoms with Crippen LogP contribution in [0.1, 0.15) is 32.8 Å². The van der Waals surface area contributed by atoms with Crippen molar-refractivity contribution in [1.82, 2.24) is 9.88 Å². The van der Waals surface area contributed by atoms with Crippen LogP contribution in [-0.2, 0) is 6.54 Å². The van der Waals surface area contributed by atoms with Crippen LogP contribution in [0.15, 0.2) is 18.3 Å². The number of pyridine rings is 1. The molecule has 0 aliphatic carbocycles. The lowest BCUT2D eigenvalue weighted by atomic mass is 9.95. The molecule has 0 bridgehead atoms. The molecule has 0 radical (unpaired) electrons. The van der Waals surface area contributed by atoms with Crippen LogP contribution in [0.25, 0.3) is 0 Å². The highest BCUT2D eigenvalue weighted by atomic mass is 35.5. The Hall–Kier alpha value is -0.640. The quantitative estimate of drug-likeness (QED) is 0.808. The Bertz CT molecular complexity index is 363. The molecule has 0 atom stereocenters. The Morgan fingerprint density at radius 3 is 2.67 bits per heavy atom. The Kier molecular flexibility index (Phi) is 6.06. The first-order chi connectivity index (χ1) is 8.40. The van der Waals surface area contributed by atoms with Crippen molar-refractivity contribution in [2.24, 2.45) is 5.41 Å². The summed E-state index contributed by atoms with van der Waals surface area (Å²) in [5.74, 6) is 0. The number of nitrogens with zero attached hydrogens (tertiary/aromatic N) is 2. The van der Waals surface area contributed by atoms with E-state index in [9.17, 15) is 0 Å². The van der Waals surface area contributed by atoms with Crippen molar-refractivity contribution in [1.29, 1.82) is 0 Å². The molecule has 4 heteroatoms. The molecule has 0 amide bonds. The van der Waals surface area contributed by atoms with Crippen LogP contribution in [0.5, 0.6) is 0 Å². The molecule has 3 nitrogen and oxygen atoms in total. The second-order valence-corrected chi connectivity index (χ2v) is 6.22. The molecule has 0 saturated carbocycles. The molecule has 0 spiro atoms. The largest absolute Gasteiger partial charge is 0.396 e. The van der Waals surface area contributed by atoms with Crippen molar-refractivity contribution < 1.29 is 5.11 Å². The van der Waals surface area contributed by atoms with Crippen molar-refractivity contribution in [3.8, 4) is 0 Å². The van der Waals surface area contributed by atoms with Crippen LogP contribution in [0.2, 0.25) is 5.15 Å². The summed E-state index contributed by atoms with van der Waals surface area (Å²) in [4.78, 5) is 6.34. The number of halogens is 1. The van der Waals surface area contributed by atoms with Crippen LogP contribution in [0.4, 0.5) is 0 Å². The summed E-state index contributed by atoms with van der Waals surface area (Å²) in [6.07, 6.45) is 2.54. The lowest BCUT2D eigenvalue weighted by Gasteiger charge is -2.29. The van der Waals surface area contributed by atoms with E-state index in [4.69, 9.17) is 16.7 Å². The van der Waals surface area contributed by atoms with Gasteiger partial charge in [-0.2, -0.15) is 0 Å². The van der Waals surface area contributed by atoms with E-state index in [1.54, 1.807) is 6.20 Å².